The molecule has 1 aromatic rings. The van der Waals surface area contributed by atoms with Crippen molar-refractivity contribution in [1.82, 2.24) is 10.6 Å². The lowest BCUT2D eigenvalue weighted by molar-refractivity contribution is -0.124. The lowest BCUT2D eigenvalue weighted by Gasteiger charge is -2.23. The molecule has 2 N–H and O–H groups in total. The van der Waals surface area contributed by atoms with E-state index in [0.29, 0.717) is 23.8 Å². The highest BCUT2D eigenvalue weighted by Crippen LogP contribution is 2.41. The number of nitrogens with one attached hydrogen (secondary N) is 2. The molecule has 1 atom stereocenters. The first-order chi connectivity index (χ1) is 9.78. The number of piperidine rings is 1. The Morgan fingerprint density at radius 1 is 1.45 bits per heavy atom. The van der Waals surface area contributed by atoms with Crippen LogP contribution in [0.4, 0.5) is 0 Å². The van der Waals surface area contributed by atoms with Crippen LogP contribution in [0.15, 0.2) is 12.1 Å². The van der Waals surface area contributed by atoms with Crippen LogP contribution in [0.2, 0.25) is 0 Å². The standard InChI is InChI=1S/C14H18N2O4/c1-18-11-5-9(6-12-13(11)20-8-19-12)7-16-10-3-2-4-15-14(10)17/h5-6,10,16H,2-4,7-8H2,1H3,(H,15,17). The largest absolute Gasteiger partial charge is 0.493 e. The van der Waals surface area contributed by atoms with E-state index in [0.717, 1.165) is 24.9 Å². The highest BCUT2D eigenvalue weighted by atomic mass is 16.7. The quantitative estimate of drug-likeness (QED) is 0.852. The van der Waals surface area contributed by atoms with E-state index >= 15 is 0 Å². The predicted molar refractivity (Wildman–Crippen MR) is 72.0 cm³/mol. The van der Waals surface area contributed by atoms with E-state index in [9.17, 15) is 4.79 Å². The molecule has 0 radical (unpaired) electrons. The fraction of sp³-hybridized carbons (Fsp3) is 0.500. The number of hydrogen-bond donors (Lipinski definition) is 2. The second-order valence-corrected chi connectivity index (χ2v) is 4.90. The third-order valence-corrected chi connectivity index (χ3v) is 3.56. The number of hydrogen-bond acceptors (Lipinski definition) is 5. The number of ether oxygens (including phenoxy) is 3. The maximum atomic E-state index is 11.7. The van der Waals surface area contributed by atoms with Crippen LogP contribution < -0.4 is 24.8 Å². The molecule has 20 heavy (non-hydrogen) atoms. The van der Waals surface area contributed by atoms with E-state index in [1.54, 1.807) is 7.11 Å². The minimum Gasteiger partial charge on any atom is -0.493 e. The zero-order chi connectivity index (χ0) is 13.9. The van der Waals surface area contributed by atoms with Crippen LogP contribution in [0.5, 0.6) is 17.2 Å². The van der Waals surface area contributed by atoms with Crippen LogP contribution in [0.3, 0.4) is 0 Å². The van der Waals surface area contributed by atoms with Gasteiger partial charge in [0, 0.05) is 13.1 Å². The Labute approximate surface area is 117 Å². The van der Waals surface area contributed by atoms with Crippen LogP contribution in [-0.4, -0.2) is 32.4 Å². The number of amides is 1. The normalized spacial score (nSPS) is 20.6. The van der Waals surface area contributed by atoms with Crippen LogP contribution in [0.1, 0.15) is 18.4 Å². The molecule has 108 valence electrons. The molecule has 1 aromatic carbocycles. The molecule has 2 aliphatic heterocycles. The SMILES string of the molecule is COc1cc(CNC2CCCNC2=O)cc2c1OCO2. The first kappa shape index (κ1) is 13.1. The van der Waals surface area contributed by atoms with Crippen molar-refractivity contribution in [1.29, 1.82) is 0 Å². The number of methoxy groups -OCH3 is 1. The zero-order valence-electron chi connectivity index (χ0n) is 11.4. The van der Waals surface area contributed by atoms with Crippen molar-refractivity contribution >= 4 is 5.91 Å². The lowest BCUT2D eigenvalue weighted by atomic mass is 10.1. The Balaban J connectivity index is 1.70. The number of carbonyl (C=O) groups is 1. The fourth-order valence-corrected chi connectivity index (χ4v) is 2.49. The topological polar surface area (TPSA) is 68.8 Å². The van der Waals surface area contributed by atoms with Crippen LogP contribution in [0.25, 0.3) is 0 Å². The van der Waals surface area contributed by atoms with E-state index in [1.165, 1.54) is 0 Å². The average Bonchev–Trinajstić information content (AvgIpc) is 2.94. The summed E-state index contributed by atoms with van der Waals surface area (Å²) in [6.07, 6.45) is 1.88. The van der Waals surface area contributed by atoms with Gasteiger partial charge in [0.15, 0.2) is 11.5 Å². The molecule has 0 spiro atoms. The average molecular weight is 278 g/mol. The predicted octanol–water partition coefficient (Wildman–Crippen LogP) is 0.792. The minimum atomic E-state index is -0.125. The molecule has 1 saturated heterocycles. The summed E-state index contributed by atoms with van der Waals surface area (Å²) in [6.45, 7) is 1.58. The van der Waals surface area contributed by atoms with Gasteiger partial charge >= 0.3 is 0 Å². The summed E-state index contributed by atoms with van der Waals surface area (Å²) in [5.74, 6) is 2.06. The van der Waals surface area contributed by atoms with Gasteiger partial charge in [0.1, 0.15) is 0 Å². The molecule has 6 heteroatoms. The van der Waals surface area contributed by atoms with Gasteiger partial charge in [-0.25, -0.2) is 0 Å². The number of rotatable bonds is 4. The molecule has 0 saturated carbocycles. The molecule has 0 bridgehead atoms. The Kier molecular flexibility index (Phi) is 3.64. The summed E-state index contributed by atoms with van der Waals surface area (Å²) < 4.78 is 16.0. The Morgan fingerprint density at radius 2 is 2.35 bits per heavy atom. The molecule has 0 aliphatic carbocycles. The van der Waals surface area contributed by atoms with Gasteiger partial charge in [0.05, 0.1) is 13.2 Å². The van der Waals surface area contributed by atoms with Gasteiger partial charge in [-0.2, -0.15) is 0 Å². The third-order valence-electron chi connectivity index (χ3n) is 3.56. The van der Waals surface area contributed by atoms with Gasteiger partial charge in [-0.3, -0.25) is 4.79 Å². The molecular formula is C14H18N2O4. The van der Waals surface area contributed by atoms with Gasteiger partial charge in [-0.05, 0) is 30.5 Å². The van der Waals surface area contributed by atoms with E-state index < -0.39 is 0 Å². The fourth-order valence-electron chi connectivity index (χ4n) is 2.49. The van der Waals surface area contributed by atoms with Crippen LogP contribution >= 0.6 is 0 Å². The van der Waals surface area contributed by atoms with Crippen LogP contribution in [-0.2, 0) is 11.3 Å². The molecule has 1 fully saturated rings. The first-order valence-electron chi connectivity index (χ1n) is 6.75. The monoisotopic (exact) mass is 278 g/mol. The lowest BCUT2D eigenvalue weighted by Crippen LogP contribution is -2.47. The van der Waals surface area contributed by atoms with Crippen molar-refractivity contribution in [3.05, 3.63) is 17.7 Å². The van der Waals surface area contributed by atoms with Gasteiger partial charge < -0.3 is 24.8 Å². The molecular weight excluding hydrogens is 260 g/mol. The Bertz CT molecular complexity index is 518. The Hall–Kier alpha value is -1.95. The van der Waals surface area contributed by atoms with Crippen molar-refractivity contribution in [2.75, 3.05) is 20.4 Å². The number of carbonyl (C=O) groups excluding carboxylic acids is 1. The third kappa shape index (κ3) is 2.51. The second-order valence-electron chi connectivity index (χ2n) is 4.90. The minimum absolute atomic E-state index is 0.0731. The highest BCUT2D eigenvalue weighted by Gasteiger charge is 2.23. The van der Waals surface area contributed by atoms with Gasteiger partial charge in [-0.1, -0.05) is 0 Å². The highest BCUT2D eigenvalue weighted by molar-refractivity contribution is 5.82. The number of benzene rings is 1. The molecule has 6 nitrogen and oxygen atoms in total. The van der Waals surface area contributed by atoms with E-state index in [2.05, 4.69) is 10.6 Å². The van der Waals surface area contributed by atoms with Crippen LogP contribution in [0, 0.1) is 0 Å². The zero-order valence-corrected chi connectivity index (χ0v) is 11.4. The number of fused-ring (bicyclic) bond motifs is 1. The van der Waals surface area contributed by atoms with Gasteiger partial charge in [0.25, 0.3) is 0 Å². The molecule has 1 amide bonds. The molecule has 0 aromatic heterocycles. The van der Waals surface area contributed by atoms with E-state index in [4.69, 9.17) is 14.2 Å². The summed E-state index contributed by atoms with van der Waals surface area (Å²) >= 11 is 0. The van der Waals surface area contributed by atoms with Gasteiger partial charge in [-0.15, -0.1) is 0 Å². The van der Waals surface area contributed by atoms with Crippen molar-refractivity contribution in [2.45, 2.75) is 25.4 Å². The maximum Gasteiger partial charge on any atom is 0.237 e. The molecule has 2 heterocycles. The maximum absolute atomic E-state index is 11.7. The van der Waals surface area contributed by atoms with Crippen molar-refractivity contribution in [3.63, 3.8) is 0 Å². The summed E-state index contributed by atoms with van der Waals surface area (Å²) in [4.78, 5) is 11.7. The smallest absolute Gasteiger partial charge is 0.237 e. The van der Waals surface area contributed by atoms with Crippen molar-refractivity contribution in [2.24, 2.45) is 0 Å². The molecule has 3 rings (SSSR count). The summed E-state index contributed by atoms with van der Waals surface area (Å²) in [5.41, 5.74) is 1.00. The summed E-state index contributed by atoms with van der Waals surface area (Å²) in [7, 11) is 1.60. The first-order valence-corrected chi connectivity index (χ1v) is 6.75. The second kappa shape index (κ2) is 5.58. The summed E-state index contributed by atoms with van der Waals surface area (Å²) in [6, 6.07) is 3.69. The summed E-state index contributed by atoms with van der Waals surface area (Å²) in [5, 5.41) is 6.13. The molecule has 1 unspecified atom stereocenters. The Morgan fingerprint density at radius 3 is 3.15 bits per heavy atom. The van der Waals surface area contributed by atoms with E-state index in [-0.39, 0.29) is 18.7 Å². The van der Waals surface area contributed by atoms with E-state index in [1.807, 2.05) is 12.1 Å². The van der Waals surface area contributed by atoms with Crippen molar-refractivity contribution in [3.8, 4) is 17.2 Å². The van der Waals surface area contributed by atoms with Gasteiger partial charge in [0.2, 0.25) is 18.4 Å². The molecule has 2 aliphatic rings. The van der Waals surface area contributed by atoms with Crippen molar-refractivity contribution < 1.29 is 19.0 Å².